The van der Waals surface area contributed by atoms with Gasteiger partial charge in [-0.2, -0.15) is 0 Å². The van der Waals surface area contributed by atoms with Crippen LogP contribution in [-0.4, -0.2) is 63.4 Å². The molecule has 0 spiro atoms. The Labute approximate surface area is 171 Å². The molecule has 3 rings (SSSR count). The number of carbonyl (C=O) groups is 1. The average molecular weight is 394 g/mol. The third kappa shape index (κ3) is 4.91. The molecule has 0 N–H and O–H groups in total. The van der Waals surface area contributed by atoms with Gasteiger partial charge in [-0.25, -0.2) is 4.98 Å². The largest absolute Gasteiger partial charge is 0.497 e. The van der Waals surface area contributed by atoms with Gasteiger partial charge in [0, 0.05) is 38.3 Å². The normalized spacial score (nSPS) is 10.9. The van der Waals surface area contributed by atoms with Crippen LogP contribution in [0.2, 0.25) is 0 Å². The summed E-state index contributed by atoms with van der Waals surface area (Å²) in [4.78, 5) is 19.9. The van der Waals surface area contributed by atoms with E-state index in [2.05, 4.69) is 0 Å². The highest BCUT2D eigenvalue weighted by Crippen LogP contribution is 2.27. The van der Waals surface area contributed by atoms with Crippen molar-refractivity contribution in [1.82, 2.24) is 9.88 Å². The van der Waals surface area contributed by atoms with Crippen LogP contribution in [0.3, 0.4) is 0 Å². The predicted molar refractivity (Wildman–Crippen MR) is 113 cm³/mol. The first-order valence-corrected chi connectivity index (χ1v) is 9.49. The van der Waals surface area contributed by atoms with Crippen molar-refractivity contribution in [3.05, 3.63) is 60.2 Å². The van der Waals surface area contributed by atoms with Crippen LogP contribution in [-0.2, 0) is 9.47 Å². The molecule has 0 atom stereocenters. The highest BCUT2D eigenvalue weighted by atomic mass is 16.5. The van der Waals surface area contributed by atoms with Gasteiger partial charge in [-0.1, -0.05) is 18.2 Å². The number of fused-ring (bicyclic) bond motifs is 1. The maximum Gasteiger partial charge on any atom is 0.254 e. The lowest BCUT2D eigenvalue weighted by Gasteiger charge is -2.23. The first-order valence-electron chi connectivity index (χ1n) is 9.49. The van der Waals surface area contributed by atoms with Crippen LogP contribution in [0.5, 0.6) is 5.75 Å². The van der Waals surface area contributed by atoms with Gasteiger partial charge < -0.3 is 19.1 Å². The number of carbonyl (C=O) groups excluding carboxylic acids is 1. The number of hydrogen-bond acceptors (Lipinski definition) is 5. The Bertz CT molecular complexity index is 949. The lowest BCUT2D eigenvalue weighted by Crippen LogP contribution is -2.36. The third-order valence-electron chi connectivity index (χ3n) is 4.75. The van der Waals surface area contributed by atoms with Crippen LogP contribution in [0.1, 0.15) is 10.4 Å². The van der Waals surface area contributed by atoms with Gasteiger partial charge in [0.25, 0.3) is 5.91 Å². The zero-order chi connectivity index (χ0) is 20.6. The molecule has 152 valence electrons. The first-order chi connectivity index (χ1) is 14.2. The second-order valence-corrected chi connectivity index (χ2v) is 6.58. The summed E-state index contributed by atoms with van der Waals surface area (Å²) in [6, 6.07) is 17.2. The van der Waals surface area contributed by atoms with Crippen LogP contribution in [0.25, 0.3) is 22.2 Å². The molecule has 1 aromatic heterocycles. The number of nitrogens with zero attached hydrogens (tertiary/aromatic N) is 2. The van der Waals surface area contributed by atoms with Crippen molar-refractivity contribution in [2.24, 2.45) is 0 Å². The quantitative estimate of drug-likeness (QED) is 0.554. The lowest BCUT2D eigenvalue weighted by atomic mass is 10.0. The molecule has 1 amide bonds. The van der Waals surface area contributed by atoms with Crippen molar-refractivity contribution < 1.29 is 19.0 Å². The molecule has 6 nitrogen and oxygen atoms in total. The summed E-state index contributed by atoms with van der Waals surface area (Å²) in [5.41, 5.74) is 3.07. The predicted octanol–water partition coefficient (Wildman–Crippen LogP) is 3.65. The highest BCUT2D eigenvalue weighted by molar-refractivity contribution is 6.07. The second-order valence-electron chi connectivity index (χ2n) is 6.58. The van der Waals surface area contributed by atoms with Crippen molar-refractivity contribution >= 4 is 16.8 Å². The summed E-state index contributed by atoms with van der Waals surface area (Å²) < 4.78 is 15.6. The first kappa shape index (κ1) is 20.8. The van der Waals surface area contributed by atoms with Gasteiger partial charge in [-0.3, -0.25) is 4.79 Å². The van der Waals surface area contributed by atoms with E-state index in [1.54, 1.807) is 26.2 Å². The number of ether oxygens (including phenoxy) is 3. The molecule has 2 aromatic carbocycles. The number of para-hydroxylation sites is 1. The Balaban J connectivity index is 2.05. The van der Waals surface area contributed by atoms with E-state index in [9.17, 15) is 4.79 Å². The minimum absolute atomic E-state index is 0.0625. The molecule has 0 saturated heterocycles. The average Bonchev–Trinajstić information content (AvgIpc) is 2.78. The summed E-state index contributed by atoms with van der Waals surface area (Å²) in [5.74, 6) is 0.712. The molecule has 0 bridgehead atoms. The van der Waals surface area contributed by atoms with Crippen molar-refractivity contribution in [2.75, 3.05) is 47.6 Å². The van der Waals surface area contributed by atoms with Crippen molar-refractivity contribution in [3.8, 4) is 17.0 Å². The van der Waals surface area contributed by atoms with E-state index in [1.165, 1.54) is 0 Å². The summed E-state index contributed by atoms with van der Waals surface area (Å²) in [5, 5.41) is 0.828. The van der Waals surface area contributed by atoms with Crippen LogP contribution in [0.15, 0.2) is 54.6 Å². The molecule has 0 radical (unpaired) electrons. The van der Waals surface area contributed by atoms with Gasteiger partial charge in [-0.15, -0.1) is 0 Å². The minimum Gasteiger partial charge on any atom is -0.497 e. The molecular weight excluding hydrogens is 368 g/mol. The second kappa shape index (κ2) is 10.0. The third-order valence-corrected chi connectivity index (χ3v) is 4.75. The monoisotopic (exact) mass is 394 g/mol. The topological polar surface area (TPSA) is 60.9 Å². The SMILES string of the molecule is COCCN(CCOC)C(=O)c1cc(-c2ccc(OC)cc2)nc2ccccc12. The number of aromatic nitrogens is 1. The number of pyridine rings is 1. The molecule has 1 heterocycles. The van der Waals surface area contributed by atoms with Crippen LogP contribution in [0, 0.1) is 0 Å². The van der Waals surface area contributed by atoms with Gasteiger partial charge in [-0.05, 0) is 36.4 Å². The van der Waals surface area contributed by atoms with E-state index in [1.807, 2.05) is 54.6 Å². The van der Waals surface area contributed by atoms with E-state index < -0.39 is 0 Å². The van der Waals surface area contributed by atoms with Crippen LogP contribution >= 0.6 is 0 Å². The lowest BCUT2D eigenvalue weighted by molar-refractivity contribution is 0.0629. The van der Waals surface area contributed by atoms with E-state index in [4.69, 9.17) is 19.2 Å². The number of benzene rings is 2. The minimum atomic E-state index is -0.0625. The molecular formula is C23H26N2O4. The zero-order valence-electron chi connectivity index (χ0n) is 17.1. The number of methoxy groups -OCH3 is 3. The number of hydrogen-bond donors (Lipinski definition) is 0. The van der Waals surface area contributed by atoms with Crippen LogP contribution in [0.4, 0.5) is 0 Å². The summed E-state index contributed by atoms with van der Waals surface area (Å²) in [6.45, 7) is 1.91. The van der Waals surface area contributed by atoms with E-state index in [0.29, 0.717) is 31.9 Å². The maximum absolute atomic E-state index is 13.4. The van der Waals surface area contributed by atoms with Gasteiger partial charge in [0.2, 0.25) is 0 Å². The molecule has 6 heteroatoms. The van der Waals surface area contributed by atoms with Crippen molar-refractivity contribution in [2.45, 2.75) is 0 Å². The van der Waals surface area contributed by atoms with E-state index in [-0.39, 0.29) is 5.91 Å². The Hall–Kier alpha value is -2.96. The molecule has 3 aromatic rings. The summed E-state index contributed by atoms with van der Waals surface area (Å²) >= 11 is 0. The molecule has 0 aliphatic rings. The molecule has 0 saturated carbocycles. The Morgan fingerprint density at radius 1 is 0.931 bits per heavy atom. The maximum atomic E-state index is 13.4. The number of rotatable bonds is 9. The van der Waals surface area contributed by atoms with Crippen molar-refractivity contribution in [3.63, 3.8) is 0 Å². The molecule has 0 unspecified atom stereocenters. The summed E-state index contributed by atoms with van der Waals surface area (Å²) in [6.07, 6.45) is 0. The van der Waals surface area contributed by atoms with Crippen molar-refractivity contribution in [1.29, 1.82) is 0 Å². The fraction of sp³-hybridized carbons (Fsp3) is 0.304. The highest BCUT2D eigenvalue weighted by Gasteiger charge is 2.20. The summed E-state index contributed by atoms with van der Waals surface area (Å²) in [7, 11) is 4.89. The molecule has 0 aliphatic heterocycles. The van der Waals surface area contributed by atoms with E-state index >= 15 is 0 Å². The Kier molecular flexibility index (Phi) is 7.16. The molecule has 0 aliphatic carbocycles. The van der Waals surface area contributed by atoms with E-state index in [0.717, 1.165) is 27.9 Å². The van der Waals surface area contributed by atoms with Gasteiger partial charge >= 0.3 is 0 Å². The fourth-order valence-electron chi connectivity index (χ4n) is 3.15. The smallest absolute Gasteiger partial charge is 0.254 e. The Morgan fingerprint density at radius 2 is 1.59 bits per heavy atom. The Morgan fingerprint density at radius 3 is 2.21 bits per heavy atom. The molecule has 0 fully saturated rings. The van der Waals surface area contributed by atoms with Gasteiger partial charge in [0.15, 0.2) is 0 Å². The zero-order valence-corrected chi connectivity index (χ0v) is 17.1. The fourth-order valence-corrected chi connectivity index (χ4v) is 3.15. The van der Waals surface area contributed by atoms with Gasteiger partial charge in [0.1, 0.15) is 5.75 Å². The molecule has 29 heavy (non-hydrogen) atoms. The standard InChI is InChI=1S/C23H26N2O4/c1-27-14-12-25(13-15-28-2)23(26)20-16-22(17-8-10-18(29-3)11-9-17)24-21-7-5-4-6-19(20)21/h4-11,16H,12-15H2,1-3H3. The van der Waals surface area contributed by atoms with Gasteiger partial charge in [0.05, 0.1) is 37.1 Å². The number of amides is 1. The van der Waals surface area contributed by atoms with Crippen LogP contribution < -0.4 is 4.74 Å².